The number of hydrogen-bond donors (Lipinski definition) is 0. The summed E-state index contributed by atoms with van der Waals surface area (Å²) in [5.74, 6) is -1.13. The summed E-state index contributed by atoms with van der Waals surface area (Å²) in [5, 5.41) is 15.2. The summed E-state index contributed by atoms with van der Waals surface area (Å²) in [7, 11) is 0. The molecule has 0 amide bonds. The second-order valence-corrected chi connectivity index (χ2v) is 5.09. The van der Waals surface area contributed by atoms with Gasteiger partial charge in [-0.25, -0.2) is 4.39 Å². The normalized spacial score (nSPS) is 10.7. The Bertz CT molecular complexity index is 688. The summed E-state index contributed by atoms with van der Waals surface area (Å²) < 4.78 is 21.5. The highest BCUT2D eigenvalue weighted by Gasteiger charge is 2.21. The van der Waals surface area contributed by atoms with Gasteiger partial charge in [0, 0.05) is 12.6 Å². The summed E-state index contributed by atoms with van der Waals surface area (Å²) in [4.78, 5) is 10.2. The van der Waals surface area contributed by atoms with Gasteiger partial charge in [-0.05, 0) is 35.8 Å². The molecule has 8 heteroatoms. The molecular weight excluding hydrogens is 345 g/mol. The lowest BCUT2D eigenvalue weighted by Gasteiger charge is -2.09. The minimum Gasteiger partial charge on any atom is -0.478 e. The third kappa shape index (κ3) is 3.05. The van der Waals surface area contributed by atoms with Crippen LogP contribution in [0.15, 0.2) is 22.7 Å². The molecule has 0 fully saturated rings. The Labute approximate surface area is 128 Å². The van der Waals surface area contributed by atoms with E-state index in [1.165, 1.54) is 12.1 Å². The first-order valence-corrected chi connectivity index (χ1v) is 7.02. The highest BCUT2D eigenvalue weighted by atomic mass is 79.9. The zero-order chi connectivity index (χ0) is 15.6. The maximum atomic E-state index is 13.7. The molecule has 112 valence electrons. The molecule has 0 aliphatic carbocycles. The fourth-order valence-electron chi connectivity index (χ4n) is 1.93. The number of aryl methyl sites for hydroxylation is 2. The molecule has 0 saturated heterocycles. The average molecular weight is 358 g/mol. The minimum atomic E-state index is -0.764. The summed E-state index contributed by atoms with van der Waals surface area (Å²) in [5.41, 5.74) is 1.08. The van der Waals surface area contributed by atoms with Crippen molar-refractivity contribution in [2.75, 3.05) is 0 Å². The van der Waals surface area contributed by atoms with Crippen LogP contribution in [0.4, 0.5) is 10.1 Å². The fraction of sp³-hybridized carbons (Fsp3) is 0.308. The van der Waals surface area contributed by atoms with E-state index in [2.05, 4.69) is 21.0 Å². The molecular formula is C13H13BrFN3O3. The first-order valence-electron chi connectivity index (χ1n) is 6.23. The van der Waals surface area contributed by atoms with Crippen molar-refractivity contribution in [2.45, 2.75) is 27.0 Å². The van der Waals surface area contributed by atoms with E-state index in [9.17, 15) is 14.5 Å². The summed E-state index contributed by atoms with van der Waals surface area (Å²) >= 11 is 3.39. The van der Waals surface area contributed by atoms with E-state index < -0.39 is 16.4 Å². The van der Waals surface area contributed by atoms with Crippen LogP contribution < -0.4 is 4.74 Å². The molecule has 0 spiro atoms. The average Bonchev–Trinajstić information content (AvgIpc) is 2.72. The van der Waals surface area contributed by atoms with E-state index >= 15 is 0 Å². The number of para-hydroxylation sites is 1. The lowest BCUT2D eigenvalue weighted by Crippen LogP contribution is -2.08. The lowest BCUT2D eigenvalue weighted by atomic mass is 10.3. The van der Waals surface area contributed by atoms with Crippen molar-refractivity contribution >= 4 is 21.6 Å². The van der Waals surface area contributed by atoms with E-state index in [1.54, 1.807) is 4.68 Å². The molecule has 0 bridgehead atoms. The van der Waals surface area contributed by atoms with E-state index in [1.807, 2.05) is 13.8 Å². The maximum absolute atomic E-state index is 13.7. The third-order valence-electron chi connectivity index (χ3n) is 2.95. The van der Waals surface area contributed by atoms with Crippen LogP contribution in [0.2, 0.25) is 0 Å². The molecule has 2 rings (SSSR count). The molecule has 0 unspecified atom stereocenters. The molecule has 1 aromatic carbocycles. The van der Waals surface area contributed by atoms with E-state index in [4.69, 9.17) is 4.74 Å². The van der Waals surface area contributed by atoms with Gasteiger partial charge in [0.2, 0.25) is 5.75 Å². The molecule has 2 aromatic rings. The number of benzene rings is 1. The van der Waals surface area contributed by atoms with Gasteiger partial charge in [0.05, 0.1) is 20.8 Å². The zero-order valence-electron chi connectivity index (χ0n) is 11.5. The Morgan fingerprint density at radius 1 is 1.52 bits per heavy atom. The minimum absolute atomic E-state index is 0.0168. The van der Waals surface area contributed by atoms with Crippen LogP contribution in [0.25, 0.3) is 0 Å². The number of halogens is 2. The Hall–Kier alpha value is -1.96. The number of hydrogen-bond acceptors (Lipinski definition) is 4. The van der Waals surface area contributed by atoms with Crippen molar-refractivity contribution in [3.05, 3.63) is 50.0 Å². The van der Waals surface area contributed by atoms with Gasteiger partial charge in [-0.2, -0.15) is 5.10 Å². The topological polar surface area (TPSA) is 70.2 Å². The largest absolute Gasteiger partial charge is 0.478 e. The monoisotopic (exact) mass is 357 g/mol. The van der Waals surface area contributed by atoms with Gasteiger partial charge < -0.3 is 4.74 Å². The number of nitrogens with zero attached hydrogens (tertiary/aromatic N) is 3. The molecule has 0 aliphatic heterocycles. The van der Waals surface area contributed by atoms with Gasteiger partial charge in [-0.15, -0.1) is 0 Å². The SMILES string of the molecule is CCn1nc(C)c(Br)c1COc1c(F)cccc1[N+](=O)[O-]. The Balaban J connectivity index is 2.31. The Kier molecular flexibility index (Phi) is 4.56. The molecule has 0 N–H and O–H groups in total. The molecule has 1 heterocycles. The molecule has 0 saturated carbocycles. The van der Waals surface area contributed by atoms with Crippen LogP contribution in [0.1, 0.15) is 18.3 Å². The molecule has 21 heavy (non-hydrogen) atoms. The van der Waals surface area contributed by atoms with Crippen LogP contribution in [0, 0.1) is 22.9 Å². The number of nitro benzene ring substituents is 1. The van der Waals surface area contributed by atoms with Crippen LogP contribution in [0.3, 0.4) is 0 Å². The molecule has 0 aliphatic rings. The van der Waals surface area contributed by atoms with Crippen LogP contribution in [0.5, 0.6) is 5.75 Å². The quantitative estimate of drug-likeness (QED) is 0.605. The highest BCUT2D eigenvalue weighted by Crippen LogP contribution is 2.31. The first kappa shape index (κ1) is 15.4. The summed E-state index contributed by atoms with van der Waals surface area (Å²) in [6, 6.07) is 3.60. The third-order valence-corrected chi connectivity index (χ3v) is 3.98. The van der Waals surface area contributed by atoms with Gasteiger partial charge >= 0.3 is 5.69 Å². The number of aromatic nitrogens is 2. The highest BCUT2D eigenvalue weighted by molar-refractivity contribution is 9.10. The fourth-order valence-corrected chi connectivity index (χ4v) is 2.33. The van der Waals surface area contributed by atoms with Crippen LogP contribution in [-0.4, -0.2) is 14.7 Å². The van der Waals surface area contributed by atoms with Crippen molar-refractivity contribution in [3.63, 3.8) is 0 Å². The van der Waals surface area contributed by atoms with Gasteiger partial charge in [0.25, 0.3) is 0 Å². The van der Waals surface area contributed by atoms with Crippen molar-refractivity contribution in [1.29, 1.82) is 0 Å². The van der Waals surface area contributed by atoms with Crippen molar-refractivity contribution in [3.8, 4) is 5.75 Å². The van der Waals surface area contributed by atoms with Crippen molar-refractivity contribution in [2.24, 2.45) is 0 Å². The summed E-state index contributed by atoms with van der Waals surface area (Å²) in [6.45, 7) is 4.33. The van der Waals surface area contributed by atoms with Crippen LogP contribution in [-0.2, 0) is 13.2 Å². The second-order valence-electron chi connectivity index (χ2n) is 4.30. The zero-order valence-corrected chi connectivity index (χ0v) is 13.1. The maximum Gasteiger partial charge on any atom is 0.314 e. The lowest BCUT2D eigenvalue weighted by molar-refractivity contribution is -0.386. The number of nitro groups is 1. The predicted molar refractivity (Wildman–Crippen MR) is 77.7 cm³/mol. The van der Waals surface area contributed by atoms with Gasteiger partial charge in [0.15, 0.2) is 5.82 Å². The Morgan fingerprint density at radius 2 is 2.24 bits per heavy atom. The predicted octanol–water partition coefficient (Wildman–Crippen LogP) is 3.60. The van der Waals surface area contributed by atoms with E-state index in [0.717, 1.165) is 16.2 Å². The molecule has 0 atom stereocenters. The van der Waals surface area contributed by atoms with Gasteiger partial charge in [-0.1, -0.05) is 6.07 Å². The summed E-state index contributed by atoms with van der Waals surface area (Å²) in [6.07, 6.45) is 0. The molecule has 0 radical (unpaired) electrons. The first-order chi connectivity index (χ1) is 9.95. The van der Waals surface area contributed by atoms with Gasteiger partial charge in [-0.3, -0.25) is 14.8 Å². The number of ether oxygens (including phenoxy) is 1. The van der Waals surface area contributed by atoms with E-state index in [-0.39, 0.29) is 12.4 Å². The van der Waals surface area contributed by atoms with E-state index in [0.29, 0.717) is 12.2 Å². The van der Waals surface area contributed by atoms with Crippen molar-refractivity contribution < 1.29 is 14.1 Å². The molecule has 6 nitrogen and oxygen atoms in total. The van der Waals surface area contributed by atoms with Crippen molar-refractivity contribution in [1.82, 2.24) is 9.78 Å². The van der Waals surface area contributed by atoms with Crippen LogP contribution >= 0.6 is 15.9 Å². The Morgan fingerprint density at radius 3 is 2.86 bits per heavy atom. The molecule has 1 aromatic heterocycles. The standard InChI is InChI=1S/C13H13BrFN3O3/c1-3-17-11(12(14)8(2)16-17)7-21-13-9(15)5-4-6-10(13)18(19)20/h4-6H,3,7H2,1-2H3. The van der Waals surface area contributed by atoms with Gasteiger partial charge in [0.1, 0.15) is 6.61 Å². The second kappa shape index (κ2) is 6.21. The smallest absolute Gasteiger partial charge is 0.314 e. The number of rotatable bonds is 5.